The van der Waals surface area contributed by atoms with Crippen LogP contribution in [0.2, 0.25) is 0 Å². The summed E-state index contributed by atoms with van der Waals surface area (Å²) in [5.74, 6) is -1.58. The van der Waals surface area contributed by atoms with Crippen LogP contribution in [-0.4, -0.2) is 35.3 Å². The van der Waals surface area contributed by atoms with Crippen LogP contribution in [0, 0.1) is 0 Å². The summed E-state index contributed by atoms with van der Waals surface area (Å²) in [6.07, 6.45) is 1.03. The zero-order valence-corrected chi connectivity index (χ0v) is 8.22. The van der Waals surface area contributed by atoms with Gasteiger partial charge in [0.2, 0.25) is 0 Å². The number of rotatable bonds is 3. The van der Waals surface area contributed by atoms with E-state index in [1.54, 1.807) is 0 Å². The summed E-state index contributed by atoms with van der Waals surface area (Å²) in [5, 5.41) is 11.9. The molecule has 1 heterocycles. The predicted octanol–water partition coefficient (Wildman–Crippen LogP) is -0.219. The molecule has 0 aliphatic carbocycles. The highest BCUT2D eigenvalue weighted by Gasteiger charge is 2.18. The number of sulfone groups is 1. The van der Waals surface area contributed by atoms with Crippen molar-refractivity contribution in [3.63, 3.8) is 0 Å². The lowest BCUT2D eigenvalue weighted by atomic mass is 10.4. The zero-order valence-electron chi connectivity index (χ0n) is 6.59. The van der Waals surface area contributed by atoms with Crippen LogP contribution in [0.4, 0.5) is 0 Å². The SMILES string of the molecule is CS(=O)(=O)Cc1snnc1C(=O)O. The Morgan fingerprint density at radius 1 is 1.62 bits per heavy atom. The Bertz CT molecular complexity index is 421. The Balaban J connectivity index is 3.02. The standard InChI is InChI=1S/C5H6N2O4S2/c1-13(10,11)2-3-4(5(8)9)6-7-12-3/h2H2,1H3,(H,8,9). The molecule has 13 heavy (non-hydrogen) atoms. The molecule has 0 unspecified atom stereocenters. The average Bonchev–Trinajstić information content (AvgIpc) is 2.31. The fourth-order valence-corrected chi connectivity index (χ4v) is 2.61. The van der Waals surface area contributed by atoms with Gasteiger partial charge < -0.3 is 5.11 Å². The third-order valence-electron chi connectivity index (χ3n) is 1.15. The Labute approximate surface area is 78.3 Å². The first kappa shape index (κ1) is 10.1. The second kappa shape index (κ2) is 3.38. The van der Waals surface area contributed by atoms with Gasteiger partial charge in [-0.05, 0) is 11.5 Å². The van der Waals surface area contributed by atoms with Gasteiger partial charge in [-0.1, -0.05) is 4.49 Å². The van der Waals surface area contributed by atoms with E-state index in [0.717, 1.165) is 17.8 Å². The van der Waals surface area contributed by atoms with Gasteiger partial charge in [0.15, 0.2) is 15.5 Å². The summed E-state index contributed by atoms with van der Waals surface area (Å²) in [6, 6.07) is 0. The number of nitrogens with zero attached hydrogens (tertiary/aromatic N) is 2. The highest BCUT2D eigenvalue weighted by Crippen LogP contribution is 2.13. The summed E-state index contributed by atoms with van der Waals surface area (Å²) in [7, 11) is -3.24. The molecule has 1 rings (SSSR count). The van der Waals surface area contributed by atoms with E-state index in [1.165, 1.54) is 0 Å². The first-order valence-electron chi connectivity index (χ1n) is 3.12. The summed E-state index contributed by atoms with van der Waals surface area (Å²) in [5.41, 5.74) is -0.282. The molecule has 0 saturated heterocycles. The Morgan fingerprint density at radius 2 is 2.23 bits per heavy atom. The van der Waals surface area contributed by atoms with Crippen LogP contribution in [0.5, 0.6) is 0 Å². The van der Waals surface area contributed by atoms with Crippen LogP contribution < -0.4 is 0 Å². The molecule has 0 aromatic carbocycles. The molecule has 0 aliphatic rings. The van der Waals surface area contributed by atoms with E-state index >= 15 is 0 Å². The molecule has 6 nitrogen and oxygen atoms in total. The Kier molecular flexibility index (Phi) is 2.62. The van der Waals surface area contributed by atoms with Crippen LogP contribution in [0.25, 0.3) is 0 Å². The average molecular weight is 222 g/mol. The maximum absolute atomic E-state index is 10.8. The van der Waals surface area contributed by atoms with Gasteiger partial charge >= 0.3 is 5.97 Å². The number of aromatic carboxylic acids is 1. The van der Waals surface area contributed by atoms with Gasteiger partial charge in [-0.25, -0.2) is 13.2 Å². The quantitative estimate of drug-likeness (QED) is 0.759. The molecule has 0 spiro atoms. The van der Waals surface area contributed by atoms with Crippen molar-refractivity contribution >= 4 is 27.3 Å². The molecule has 72 valence electrons. The Hall–Kier alpha value is -1.02. The normalized spacial score (nSPS) is 11.5. The van der Waals surface area contributed by atoms with Crippen molar-refractivity contribution in [2.45, 2.75) is 5.75 Å². The molecule has 1 aromatic rings. The number of carboxylic acid groups (broad SMARTS) is 1. The van der Waals surface area contributed by atoms with Crippen molar-refractivity contribution in [1.29, 1.82) is 0 Å². The highest BCUT2D eigenvalue weighted by atomic mass is 32.2. The molecule has 1 N–H and O–H groups in total. The molecule has 0 fully saturated rings. The van der Waals surface area contributed by atoms with Gasteiger partial charge in [-0.2, -0.15) is 0 Å². The lowest BCUT2D eigenvalue weighted by Gasteiger charge is -1.93. The molecular weight excluding hydrogens is 216 g/mol. The molecular formula is C5H6N2O4S2. The minimum absolute atomic E-state index is 0.162. The van der Waals surface area contributed by atoms with E-state index in [2.05, 4.69) is 9.59 Å². The highest BCUT2D eigenvalue weighted by molar-refractivity contribution is 7.90. The largest absolute Gasteiger partial charge is 0.476 e. The number of hydrogen-bond acceptors (Lipinski definition) is 6. The van der Waals surface area contributed by atoms with Crippen molar-refractivity contribution in [3.05, 3.63) is 10.6 Å². The van der Waals surface area contributed by atoms with E-state index in [9.17, 15) is 13.2 Å². The lowest BCUT2D eigenvalue weighted by molar-refractivity contribution is 0.0689. The van der Waals surface area contributed by atoms with E-state index in [-0.39, 0.29) is 16.3 Å². The van der Waals surface area contributed by atoms with Crippen LogP contribution in [0.15, 0.2) is 0 Å². The van der Waals surface area contributed by atoms with E-state index < -0.39 is 15.8 Å². The zero-order chi connectivity index (χ0) is 10.1. The monoisotopic (exact) mass is 222 g/mol. The van der Waals surface area contributed by atoms with E-state index in [1.807, 2.05) is 0 Å². The second-order valence-electron chi connectivity index (χ2n) is 2.42. The fraction of sp³-hybridized carbons (Fsp3) is 0.400. The van der Waals surface area contributed by atoms with Crippen molar-refractivity contribution < 1.29 is 18.3 Å². The molecule has 0 atom stereocenters. The molecule has 0 bridgehead atoms. The predicted molar refractivity (Wildman–Crippen MR) is 45.4 cm³/mol. The summed E-state index contributed by atoms with van der Waals surface area (Å²) < 4.78 is 25.0. The maximum atomic E-state index is 10.8. The van der Waals surface area contributed by atoms with Gasteiger partial charge in [0.05, 0.1) is 10.6 Å². The van der Waals surface area contributed by atoms with Crippen LogP contribution >= 0.6 is 11.5 Å². The molecule has 1 aromatic heterocycles. The summed E-state index contributed by atoms with van der Waals surface area (Å²) >= 11 is 0.784. The number of carboxylic acids is 1. The molecule has 0 amide bonds. The first-order valence-corrected chi connectivity index (χ1v) is 5.96. The molecule has 0 saturated carbocycles. The van der Waals surface area contributed by atoms with Crippen LogP contribution in [-0.2, 0) is 15.6 Å². The smallest absolute Gasteiger partial charge is 0.357 e. The van der Waals surface area contributed by atoms with Crippen LogP contribution in [0.3, 0.4) is 0 Å². The van der Waals surface area contributed by atoms with Crippen molar-refractivity contribution in [2.75, 3.05) is 6.26 Å². The van der Waals surface area contributed by atoms with Crippen molar-refractivity contribution in [3.8, 4) is 0 Å². The van der Waals surface area contributed by atoms with E-state index in [4.69, 9.17) is 5.11 Å². The third-order valence-corrected chi connectivity index (χ3v) is 2.87. The minimum Gasteiger partial charge on any atom is -0.476 e. The van der Waals surface area contributed by atoms with Gasteiger partial charge in [-0.3, -0.25) is 0 Å². The van der Waals surface area contributed by atoms with Crippen molar-refractivity contribution in [1.82, 2.24) is 9.59 Å². The fourth-order valence-electron chi connectivity index (χ4n) is 0.704. The first-order chi connectivity index (χ1) is 5.90. The minimum atomic E-state index is -3.24. The Morgan fingerprint density at radius 3 is 2.69 bits per heavy atom. The second-order valence-corrected chi connectivity index (χ2v) is 5.40. The number of hydrogen-bond donors (Lipinski definition) is 1. The number of carbonyl (C=O) groups is 1. The van der Waals surface area contributed by atoms with Gasteiger partial charge in [0, 0.05) is 6.26 Å². The topological polar surface area (TPSA) is 97.2 Å². The van der Waals surface area contributed by atoms with Gasteiger partial charge in [0.25, 0.3) is 0 Å². The van der Waals surface area contributed by atoms with Crippen LogP contribution in [0.1, 0.15) is 15.4 Å². The maximum Gasteiger partial charge on any atom is 0.357 e. The third kappa shape index (κ3) is 2.74. The molecule has 0 radical (unpaired) electrons. The van der Waals surface area contributed by atoms with Gasteiger partial charge in [0.1, 0.15) is 0 Å². The van der Waals surface area contributed by atoms with Crippen molar-refractivity contribution in [2.24, 2.45) is 0 Å². The molecule has 0 aliphatic heterocycles. The van der Waals surface area contributed by atoms with E-state index in [0.29, 0.717) is 0 Å². The summed E-state index contributed by atoms with van der Waals surface area (Å²) in [4.78, 5) is 10.6. The molecule has 8 heteroatoms. The summed E-state index contributed by atoms with van der Waals surface area (Å²) in [6.45, 7) is 0. The lowest BCUT2D eigenvalue weighted by Crippen LogP contribution is -2.05. The van der Waals surface area contributed by atoms with Gasteiger partial charge in [-0.15, -0.1) is 5.10 Å². The number of aromatic nitrogens is 2.